The van der Waals surface area contributed by atoms with Crippen LogP contribution in [0.25, 0.3) is 20.7 Å². The molecule has 2 saturated heterocycles. The Morgan fingerprint density at radius 3 is 2.60 bits per heavy atom. The molecule has 246 valence electrons. The van der Waals surface area contributed by atoms with Gasteiger partial charge in [0.05, 0.1) is 34.7 Å². The quantitative estimate of drug-likeness (QED) is 0.212. The number of nitrogens with zero attached hydrogens (tertiary/aromatic N) is 3. The fourth-order valence-electron chi connectivity index (χ4n) is 8.66. The number of hydrogen-bond acceptors (Lipinski definition) is 8. The number of halogens is 1. The third kappa shape index (κ3) is 4.37. The van der Waals surface area contributed by atoms with Crippen molar-refractivity contribution in [3.05, 3.63) is 76.3 Å². The number of aliphatic hydroxyl groups is 1. The normalized spacial score (nSPS) is 28.0. The van der Waals surface area contributed by atoms with Crippen molar-refractivity contribution in [2.45, 2.75) is 32.6 Å². The molecular formula is C36H33ClN4O6S. The van der Waals surface area contributed by atoms with Crippen LogP contribution in [0.15, 0.2) is 60.2 Å². The number of nitrogens with one attached hydrogen (secondary N) is 1. The number of anilines is 1. The van der Waals surface area contributed by atoms with Gasteiger partial charge in [-0.05, 0) is 79.5 Å². The molecule has 10 nitrogen and oxygen atoms in total. The van der Waals surface area contributed by atoms with Gasteiger partial charge in [-0.25, -0.2) is 4.90 Å². The zero-order chi connectivity index (χ0) is 33.6. The number of aryl methyl sites for hydroxylation is 2. The van der Waals surface area contributed by atoms with Crippen molar-refractivity contribution in [2.24, 2.45) is 36.1 Å². The third-order valence-corrected chi connectivity index (χ3v) is 12.4. The first-order valence-electron chi connectivity index (χ1n) is 16.0. The summed E-state index contributed by atoms with van der Waals surface area (Å²) in [5, 5.41) is 18.2. The topological polar surface area (TPSA) is 131 Å². The van der Waals surface area contributed by atoms with E-state index in [2.05, 4.69) is 5.32 Å². The summed E-state index contributed by atoms with van der Waals surface area (Å²) in [6.45, 7) is 3.89. The summed E-state index contributed by atoms with van der Waals surface area (Å²) in [6.07, 6.45) is 2.69. The lowest BCUT2D eigenvalue weighted by atomic mass is 9.51. The highest BCUT2D eigenvalue weighted by atomic mass is 35.5. The van der Waals surface area contributed by atoms with Gasteiger partial charge < -0.3 is 9.84 Å². The molecule has 4 aliphatic rings. The van der Waals surface area contributed by atoms with Crippen molar-refractivity contribution in [3.8, 4) is 16.3 Å². The van der Waals surface area contributed by atoms with E-state index in [-0.39, 0.29) is 49.2 Å². The number of aliphatic hydroxyl groups excluding tert-OH is 1. The summed E-state index contributed by atoms with van der Waals surface area (Å²) in [4.78, 5) is 57.6. The van der Waals surface area contributed by atoms with Crippen LogP contribution in [0.2, 0.25) is 5.02 Å². The number of fused-ring (bicyclic) bond motifs is 5. The van der Waals surface area contributed by atoms with Crippen LogP contribution >= 0.6 is 22.9 Å². The van der Waals surface area contributed by atoms with Gasteiger partial charge in [0, 0.05) is 28.8 Å². The van der Waals surface area contributed by atoms with E-state index in [1.807, 2.05) is 50.3 Å². The van der Waals surface area contributed by atoms with Gasteiger partial charge in [-0.15, -0.1) is 11.3 Å². The van der Waals surface area contributed by atoms with Crippen molar-refractivity contribution in [3.63, 3.8) is 0 Å². The van der Waals surface area contributed by atoms with Crippen molar-refractivity contribution in [1.82, 2.24) is 15.1 Å². The molecule has 2 aromatic carbocycles. The zero-order valence-corrected chi connectivity index (χ0v) is 28.1. The molecule has 2 aliphatic heterocycles. The van der Waals surface area contributed by atoms with Crippen LogP contribution in [0.5, 0.6) is 5.75 Å². The van der Waals surface area contributed by atoms with E-state index < -0.39 is 29.1 Å². The predicted octanol–water partition coefficient (Wildman–Crippen LogP) is 5.15. The summed E-state index contributed by atoms with van der Waals surface area (Å²) in [6, 6.07) is 14.9. The van der Waals surface area contributed by atoms with Crippen molar-refractivity contribution >= 4 is 62.5 Å². The van der Waals surface area contributed by atoms with Crippen LogP contribution in [0.1, 0.15) is 36.8 Å². The molecule has 2 aromatic heterocycles. The van der Waals surface area contributed by atoms with Crippen LogP contribution in [0.4, 0.5) is 5.82 Å². The molecular weight excluding hydrogens is 652 g/mol. The van der Waals surface area contributed by atoms with Gasteiger partial charge in [0.15, 0.2) is 0 Å². The van der Waals surface area contributed by atoms with E-state index in [1.54, 1.807) is 41.3 Å². The van der Waals surface area contributed by atoms with E-state index >= 15 is 0 Å². The summed E-state index contributed by atoms with van der Waals surface area (Å²) < 4.78 is 8.24. The second-order valence-electron chi connectivity index (χ2n) is 13.4. The third-order valence-electron chi connectivity index (χ3n) is 10.9. The van der Waals surface area contributed by atoms with Crippen LogP contribution in [-0.4, -0.2) is 51.7 Å². The highest BCUT2D eigenvalue weighted by molar-refractivity contribution is 7.22. The minimum Gasteiger partial charge on any atom is -0.491 e. The second kappa shape index (κ2) is 11.1. The Labute approximate surface area is 285 Å². The number of imide groups is 2. The van der Waals surface area contributed by atoms with Crippen LogP contribution in [0.3, 0.4) is 0 Å². The lowest BCUT2D eigenvalue weighted by Gasteiger charge is -2.49. The number of carbonyl (C=O) groups is 4. The summed E-state index contributed by atoms with van der Waals surface area (Å²) in [5.74, 6) is -3.06. The number of allylic oxidation sites excluding steroid dienone is 2. The summed E-state index contributed by atoms with van der Waals surface area (Å²) >= 11 is 7.86. The number of carbonyl (C=O) groups excluding carboxylic acids is 4. The van der Waals surface area contributed by atoms with E-state index in [1.165, 1.54) is 4.90 Å². The first-order chi connectivity index (χ1) is 23.0. The smallest absolute Gasteiger partial charge is 0.242 e. The SMILES string of the molecule is Cc1c(-c2cc(N3C(=O)[C@@H]4C[C@@H]5C(=CC[C@@H]6C(=O)NC(=O)[C@@H]65)[C@H](c5ccc(OCCO)cc5)[C@]4(C)C3=O)n(C)n2)sc2ccc(Cl)cc12. The maximum atomic E-state index is 14.9. The predicted molar refractivity (Wildman–Crippen MR) is 181 cm³/mol. The molecule has 1 saturated carbocycles. The number of ether oxygens (including phenoxy) is 1. The van der Waals surface area contributed by atoms with E-state index in [9.17, 15) is 24.3 Å². The monoisotopic (exact) mass is 684 g/mol. The standard InChI is InChI=1S/C36H33ClN4O6S/c1-17-23-14-19(37)6-11-27(23)48-31(17)26-16-28(40(3)39-26)41-34(45)25-15-24-21(9-10-22-29(24)33(44)38-32(22)43)30(36(25,2)35(41)46)18-4-7-20(8-5-18)47-13-12-42/h4-9,11,14,16,22,24-25,29-30,42H,10,12-13,15H2,1-3H3,(H,38,43,44)/t22-,24+,25-,29-,30-,36+/m0/s1. The fourth-order valence-corrected chi connectivity index (χ4v) is 9.98. The fraction of sp³-hybridized carbons (Fsp3) is 0.361. The number of thiophene rings is 1. The molecule has 0 radical (unpaired) electrons. The summed E-state index contributed by atoms with van der Waals surface area (Å²) in [5.41, 5.74) is 2.22. The Balaban J connectivity index is 1.23. The van der Waals surface area contributed by atoms with Crippen LogP contribution < -0.4 is 15.0 Å². The van der Waals surface area contributed by atoms with Gasteiger partial charge in [0.2, 0.25) is 23.6 Å². The van der Waals surface area contributed by atoms with Gasteiger partial charge in [0.1, 0.15) is 23.9 Å². The molecule has 4 heterocycles. The highest BCUT2D eigenvalue weighted by Crippen LogP contribution is 2.63. The second-order valence-corrected chi connectivity index (χ2v) is 14.9. The maximum Gasteiger partial charge on any atom is 0.242 e. The first kappa shape index (κ1) is 31.0. The van der Waals surface area contributed by atoms with Crippen molar-refractivity contribution in [1.29, 1.82) is 0 Å². The Morgan fingerprint density at radius 2 is 1.85 bits per heavy atom. The number of rotatable bonds is 6. The van der Waals surface area contributed by atoms with Gasteiger partial charge in [0.25, 0.3) is 0 Å². The Kier molecular flexibility index (Phi) is 7.17. The zero-order valence-electron chi connectivity index (χ0n) is 26.5. The lowest BCUT2D eigenvalue weighted by Crippen LogP contribution is -2.48. The Bertz CT molecular complexity index is 2080. The van der Waals surface area contributed by atoms with E-state index in [0.29, 0.717) is 28.7 Å². The average Bonchev–Trinajstić information content (AvgIpc) is 3.75. The number of aromatic nitrogens is 2. The molecule has 0 unspecified atom stereocenters. The highest BCUT2D eigenvalue weighted by Gasteiger charge is 2.67. The first-order valence-corrected chi connectivity index (χ1v) is 17.2. The van der Waals surface area contributed by atoms with Gasteiger partial charge in [-0.3, -0.25) is 29.2 Å². The molecule has 12 heteroatoms. The molecule has 2 N–H and O–H groups in total. The molecule has 48 heavy (non-hydrogen) atoms. The van der Waals surface area contributed by atoms with Crippen molar-refractivity contribution < 1.29 is 29.0 Å². The van der Waals surface area contributed by atoms with E-state index in [4.69, 9.17) is 21.4 Å². The molecule has 4 amide bonds. The molecule has 3 fully saturated rings. The van der Waals surface area contributed by atoms with Gasteiger partial charge in [-0.1, -0.05) is 35.4 Å². The largest absolute Gasteiger partial charge is 0.491 e. The van der Waals surface area contributed by atoms with Gasteiger partial charge in [-0.2, -0.15) is 5.10 Å². The minimum absolute atomic E-state index is 0.124. The number of hydrogen-bond donors (Lipinski definition) is 2. The average molecular weight is 685 g/mol. The molecule has 8 rings (SSSR count). The number of amides is 4. The molecule has 2 aliphatic carbocycles. The number of benzene rings is 2. The molecule has 6 atom stereocenters. The molecule has 0 spiro atoms. The van der Waals surface area contributed by atoms with Crippen LogP contribution in [0, 0.1) is 36.0 Å². The molecule has 4 aromatic rings. The van der Waals surface area contributed by atoms with Crippen molar-refractivity contribution in [2.75, 3.05) is 18.1 Å². The summed E-state index contributed by atoms with van der Waals surface area (Å²) in [7, 11) is 1.73. The maximum absolute atomic E-state index is 14.9. The van der Waals surface area contributed by atoms with Crippen LogP contribution in [-0.2, 0) is 26.2 Å². The Morgan fingerprint density at radius 1 is 1.08 bits per heavy atom. The van der Waals surface area contributed by atoms with E-state index in [0.717, 1.165) is 31.7 Å². The molecule has 0 bridgehead atoms. The Hall–Kier alpha value is -4.32. The van der Waals surface area contributed by atoms with Gasteiger partial charge >= 0.3 is 0 Å². The minimum atomic E-state index is -1.17. The lowest BCUT2D eigenvalue weighted by molar-refractivity contribution is -0.131.